The maximum Gasteiger partial charge on any atom is 3.00 e. The zero-order chi connectivity index (χ0) is 93.7. The molecule has 0 aliphatic rings. The summed E-state index contributed by atoms with van der Waals surface area (Å²) in [4.78, 5) is 17.4. The fraction of sp³-hybridized carbons (Fsp3) is 0.0150. The number of aromatic nitrogens is 3. The predicted molar refractivity (Wildman–Crippen MR) is 589 cm³/mol. The summed E-state index contributed by atoms with van der Waals surface area (Å²) in [6, 6.07) is 196. The topological polar surface area (TPSA) is 45.2 Å². The van der Waals surface area contributed by atoms with E-state index in [0.29, 0.717) is 0 Å². The number of para-hydroxylation sites is 2. The van der Waals surface area contributed by atoms with Crippen LogP contribution < -0.4 is 9.80 Å². The minimum atomic E-state index is 0. The van der Waals surface area contributed by atoms with Crippen molar-refractivity contribution >= 4 is 119 Å². The van der Waals surface area contributed by atoms with Gasteiger partial charge in [0.25, 0.3) is 0 Å². The van der Waals surface area contributed by atoms with Crippen LogP contribution >= 0.6 is 11.3 Å². The first-order valence-electron chi connectivity index (χ1n) is 46.7. The Morgan fingerprint density at radius 2 is 0.613 bits per heavy atom. The zero-order valence-corrected chi connectivity index (χ0v) is 86.0. The molecule has 0 unspecified atom stereocenters. The molecule has 0 saturated carbocycles. The molecule has 0 aliphatic carbocycles. The number of rotatable bonds is 14. The van der Waals surface area contributed by atoms with Gasteiger partial charge in [-0.05, 0) is 198 Å². The summed E-state index contributed by atoms with van der Waals surface area (Å²) < 4.78 is 2.70. The molecule has 142 heavy (non-hydrogen) atoms. The van der Waals surface area contributed by atoms with E-state index in [1.54, 1.807) is 12.4 Å². The second kappa shape index (κ2) is 47.7. The SMILES string of the molecule is Cc1cc(-c2[c-]cccc2)[c-]cc1-c1ccccc1.Cc1cccnc1-c1[c-]cccc1.[Ir+3].[Ir].[Ir].[c-]1ccccc1-c1ccccn1.[c-]1ccccc1-c1ccccn1.c1cc(-c2ccc3c4ccccc4c4ccccc4c3c2)cc(-c2cccc3c2sc2ccccc23)c1.c1ccc(N(c2ccc(-c3ccc(N(c4ccccc4)c4cccc5ccccc45)cc3)cc2)c2cccc3ccccc23)cc1. The Balaban J connectivity index is 0.000000127. The van der Waals surface area contributed by atoms with Gasteiger partial charge < -0.3 is 24.8 Å². The fourth-order valence-corrected chi connectivity index (χ4v) is 19.3. The molecule has 0 saturated heterocycles. The third-order valence-corrected chi connectivity index (χ3v) is 26.0. The van der Waals surface area contributed by atoms with Gasteiger partial charge in [-0.1, -0.05) is 333 Å². The van der Waals surface area contributed by atoms with Gasteiger partial charge in [0, 0.05) is 112 Å². The van der Waals surface area contributed by atoms with Gasteiger partial charge in [-0.15, -0.1) is 137 Å². The number of aryl methyl sites for hydroxylation is 2. The standard InChI is InChI=1S/C44H32N2.C36H22S.C19H14.C12H10N.2C11H8N.3Ir/c1-3-17-37(18-4-1)45(43-23-11-15-35-13-7-9-21-41(35)43)39-29-25-33(26-30-39)34-27-31-40(32-28-34)46(38-19-5-2-6-20-38)44-24-12-16-36-14-8-10-22-42(36)44;1-2-13-29-27(11-1)28-12-3-4-14-30(28)34-22-24(19-20-31(29)34)23-9-7-10-25(21-23)26-16-8-17-33-32-15-5-6-18-35(32)37-36(26)33;1-15-14-18(16-8-4-2-5-9-16)12-13-19(15)17-10-6-3-7-11-17;1-10-6-5-9-13-12(10)11-7-3-2-4-8-11;2*1-2-6-10(7-3-1)11-8-4-5-9-12-11;;;/h1-32H;1-22H;2-8,10-11,13-14H,1H3;2-7,9H,1H3;2*1-6,8-9H;;;/q;;-2;3*-1;;;+3. The van der Waals surface area contributed by atoms with Gasteiger partial charge in [-0.3, -0.25) is 0 Å². The molecule has 21 aromatic carbocycles. The Hall–Kier alpha value is -15.9. The zero-order valence-electron chi connectivity index (χ0n) is 78.0. The molecular formula is C133H94Ir3N5S-2. The van der Waals surface area contributed by atoms with Crippen LogP contribution in [0, 0.1) is 44.2 Å². The maximum atomic E-state index is 4.32. The first-order chi connectivity index (χ1) is 68.8. The van der Waals surface area contributed by atoms with E-state index in [-0.39, 0.29) is 60.3 Å². The van der Waals surface area contributed by atoms with Crippen molar-refractivity contribution in [2.45, 2.75) is 13.8 Å². The summed E-state index contributed by atoms with van der Waals surface area (Å²) in [6.45, 7) is 4.20. The first-order valence-corrected chi connectivity index (χ1v) is 47.6. The van der Waals surface area contributed by atoms with Crippen LogP contribution in [-0.2, 0) is 60.3 Å². The van der Waals surface area contributed by atoms with Crippen molar-refractivity contribution in [1.82, 2.24) is 15.0 Å². The Morgan fingerprint density at radius 3 is 1.11 bits per heavy atom. The molecule has 25 aromatic rings. The third-order valence-electron chi connectivity index (χ3n) is 24.8. The molecule has 0 fully saturated rings. The van der Waals surface area contributed by atoms with Crippen molar-refractivity contribution in [3.63, 3.8) is 0 Å². The van der Waals surface area contributed by atoms with Gasteiger partial charge >= 0.3 is 20.1 Å². The van der Waals surface area contributed by atoms with Crippen LogP contribution in [0.5, 0.6) is 0 Å². The Bertz CT molecular complexity index is 8070. The van der Waals surface area contributed by atoms with Crippen molar-refractivity contribution in [2.24, 2.45) is 0 Å². The van der Waals surface area contributed by atoms with Crippen molar-refractivity contribution in [3.8, 4) is 89.4 Å². The molecule has 5 nitrogen and oxygen atoms in total. The van der Waals surface area contributed by atoms with E-state index >= 15 is 0 Å². The van der Waals surface area contributed by atoms with Gasteiger partial charge in [0.15, 0.2) is 0 Å². The molecule has 0 N–H and O–H groups in total. The van der Waals surface area contributed by atoms with E-state index in [2.05, 4.69) is 445 Å². The van der Waals surface area contributed by atoms with Crippen LogP contribution in [0.3, 0.4) is 0 Å². The van der Waals surface area contributed by atoms with E-state index in [4.69, 9.17) is 0 Å². The number of fused-ring (bicyclic) bond motifs is 11. The average molecular weight is 2370 g/mol. The van der Waals surface area contributed by atoms with E-state index in [9.17, 15) is 0 Å². The summed E-state index contributed by atoms with van der Waals surface area (Å²) in [5.74, 6) is 0. The molecule has 0 spiro atoms. The molecule has 0 atom stereocenters. The van der Waals surface area contributed by atoms with E-state index in [1.165, 1.54) is 130 Å². The van der Waals surface area contributed by atoms with Crippen LogP contribution in [0.2, 0.25) is 0 Å². The molecule has 0 amide bonds. The molecule has 686 valence electrons. The Morgan fingerprint density at radius 1 is 0.225 bits per heavy atom. The quantitative estimate of drug-likeness (QED) is 0.0802. The van der Waals surface area contributed by atoms with Gasteiger partial charge in [0.05, 0.1) is 11.4 Å². The monoisotopic (exact) mass is 2370 g/mol. The van der Waals surface area contributed by atoms with Crippen molar-refractivity contribution in [3.05, 3.63) is 576 Å². The number of anilines is 6. The Labute approximate surface area is 875 Å². The average Bonchev–Trinajstić information content (AvgIpc) is 0.789. The van der Waals surface area contributed by atoms with Crippen molar-refractivity contribution < 1.29 is 60.3 Å². The second-order valence-electron chi connectivity index (χ2n) is 33.7. The Kier molecular flexibility index (Phi) is 32.8. The summed E-state index contributed by atoms with van der Waals surface area (Å²) >= 11 is 1.89. The number of benzene rings is 21. The molecule has 25 rings (SSSR count). The molecule has 0 aliphatic heterocycles. The van der Waals surface area contributed by atoms with Crippen LogP contribution in [0.4, 0.5) is 34.1 Å². The minimum absolute atomic E-state index is 0. The predicted octanol–water partition coefficient (Wildman–Crippen LogP) is 36.3. The van der Waals surface area contributed by atoms with E-state index < -0.39 is 0 Å². The van der Waals surface area contributed by atoms with Crippen LogP contribution in [-0.4, -0.2) is 15.0 Å². The molecule has 4 heterocycles. The van der Waals surface area contributed by atoms with Gasteiger partial charge in [-0.25, -0.2) is 11.1 Å². The summed E-state index contributed by atoms with van der Waals surface area (Å²) in [6.07, 6.45) is 5.38. The summed E-state index contributed by atoms with van der Waals surface area (Å²) in [5, 5.41) is 15.5. The first kappa shape index (κ1) is 97.8. The number of thiophene rings is 1. The third kappa shape index (κ3) is 22.7. The smallest absolute Gasteiger partial charge is 0.310 e. The van der Waals surface area contributed by atoms with Gasteiger partial charge in [0.2, 0.25) is 0 Å². The second-order valence-corrected chi connectivity index (χ2v) is 34.7. The minimum Gasteiger partial charge on any atom is -0.310 e. The van der Waals surface area contributed by atoms with Crippen molar-refractivity contribution in [1.29, 1.82) is 0 Å². The molecule has 4 aromatic heterocycles. The van der Waals surface area contributed by atoms with Crippen LogP contribution in [0.15, 0.2) is 534 Å². The van der Waals surface area contributed by atoms with E-state index in [0.717, 1.165) is 79.0 Å². The molecule has 9 heteroatoms. The largest absolute Gasteiger partial charge is 3.00 e. The normalized spacial score (nSPS) is 10.6. The summed E-state index contributed by atoms with van der Waals surface area (Å²) in [7, 11) is 0. The van der Waals surface area contributed by atoms with Gasteiger partial charge in [-0.2, -0.15) is 36.4 Å². The molecular weight excluding hydrogens is 2280 g/mol. The molecule has 0 bridgehead atoms. The number of pyridine rings is 3. The van der Waals surface area contributed by atoms with Crippen molar-refractivity contribution in [2.75, 3.05) is 9.80 Å². The maximum absolute atomic E-state index is 4.32. The fourth-order valence-electron chi connectivity index (χ4n) is 18.1. The number of hydrogen-bond acceptors (Lipinski definition) is 6. The van der Waals surface area contributed by atoms with Crippen LogP contribution in [0.1, 0.15) is 11.1 Å². The summed E-state index contributed by atoms with van der Waals surface area (Å²) in [5.41, 5.74) is 27.4. The van der Waals surface area contributed by atoms with Crippen LogP contribution in [0.25, 0.3) is 163 Å². The number of hydrogen-bond donors (Lipinski definition) is 0. The van der Waals surface area contributed by atoms with E-state index in [1.807, 2.05) is 157 Å². The van der Waals surface area contributed by atoms with Gasteiger partial charge in [0.1, 0.15) is 0 Å². The molecule has 2 radical (unpaired) electrons. The number of nitrogens with zero attached hydrogens (tertiary/aromatic N) is 5.